The predicted octanol–water partition coefficient (Wildman–Crippen LogP) is 5.00. The molecule has 12 nitrogen and oxygen atoms in total. The number of hydrazine groups is 1. The van der Waals surface area contributed by atoms with Crippen molar-refractivity contribution in [3.63, 3.8) is 0 Å². The molecular formula is C36H39F7N6O6. The van der Waals surface area contributed by atoms with E-state index < -0.39 is 59.2 Å². The van der Waals surface area contributed by atoms with Gasteiger partial charge in [0, 0.05) is 31.7 Å². The van der Waals surface area contributed by atoms with Crippen molar-refractivity contribution in [1.29, 1.82) is 0 Å². The van der Waals surface area contributed by atoms with Crippen LogP contribution in [0.15, 0.2) is 76.4 Å². The Morgan fingerprint density at radius 3 is 2.31 bits per heavy atom. The maximum Gasteiger partial charge on any atom is 0.449 e. The molecule has 0 saturated carbocycles. The highest BCUT2D eigenvalue weighted by molar-refractivity contribution is 6.02. The van der Waals surface area contributed by atoms with Gasteiger partial charge in [-0.1, -0.05) is 36.4 Å². The third-order valence-electron chi connectivity index (χ3n) is 9.57. The van der Waals surface area contributed by atoms with Crippen LogP contribution in [0, 0.1) is 5.82 Å². The molecule has 2 aliphatic rings. The number of benzene rings is 2. The lowest BCUT2D eigenvalue weighted by Crippen LogP contribution is -2.50. The molecule has 0 radical (unpaired) electrons. The molecule has 0 bridgehead atoms. The van der Waals surface area contributed by atoms with Crippen LogP contribution < -0.4 is 11.2 Å². The lowest BCUT2D eigenvalue weighted by molar-refractivity contribution is -0.153. The lowest BCUT2D eigenvalue weighted by atomic mass is 9.83. The van der Waals surface area contributed by atoms with Crippen LogP contribution in [-0.4, -0.2) is 88.7 Å². The number of nitrogens with two attached hydrogens (primary N) is 1. The van der Waals surface area contributed by atoms with E-state index in [1.807, 2.05) is 0 Å². The van der Waals surface area contributed by atoms with Gasteiger partial charge in [-0.25, -0.2) is 15.3 Å². The quantitative estimate of drug-likeness (QED) is 0.0453. The number of alkyl halides is 6. The second-order valence-electron chi connectivity index (χ2n) is 13.1. The average molecular weight is 785 g/mol. The van der Waals surface area contributed by atoms with Gasteiger partial charge in [-0.3, -0.25) is 29.4 Å². The van der Waals surface area contributed by atoms with Crippen LogP contribution in [0.4, 0.5) is 30.7 Å². The van der Waals surface area contributed by atoms with E-state index in [1.54, 1.807) is 35.2 Å². The van der Waals surface area contributed by atoms with Crippen molar-refractivity contribution in [2.75, 3.05) is 39.3 Å². The number of ether oxygens (including phenoxy) is 1. The van der Waals surface area contributed by atoms with Crippen LogP contribution in [0.3, 0.4) is 0 Å². The predicted molar refractivity (Wildman–Crippen MR) is 179 cm³/mol. The monoisotopic (exact) mass is 784 g/mol. The summed E-state index contributed by atoms with van der Waals surface area (Å²) >= 11 is 0. The lowest BCUT2D eigenvalue weighted by Gasteiger charge is -2.40. The topological polar surface area (TPSA) is 145 Å². The Labute approximate surface area is 310 Å². The largest absolute Gasteiger partial charge is 0.455 e. The Kier molecular flexibility index (Phi) is 13.0. The van der Waals surface area contributed by atoms with Crippen molar-refractivity contribution in [2.24, 2.45) is 5.84 Å². The normalized spacial score (nSPS) is 16.7. The first-order valence-corrected chi connectivity index (χ1v) is 17.1. The molecule has 4 N–H and O–H groups in total. The van der Waals surface area contributed by atoms with Gasteiger partial charge in [0.1, 0.15) is 17.2 Å². The maximum absolute atomic E-state index is 14.9. The summed E-state index contributed by atoms with van der Waals surface area (Å²) in [5.41, 5.74) is -3.01. The molecule has 5 rings (SSSR count). The van der Waals surface area contributed by atoms with Gasteiger partial charge in [0.15, 0.2) is 0 Å². The minimum atomic E-state index is -4.93. The zero-order valence-electron chi connectivity index (χ0n) is 29.3. The highest BCUT2D eigenvalue weighted by Crippen LogP contribution is 2.43. The minimum absolute atomic E-state index is 0.00470. The number of hydroxylamine groups is 2. The zero-order chi connectivity index (χ0) is 40.0. The molecule has 1 spiro atoms. The molecule has 19 heteroatoms. The number of imide groups is 1. The first-order valence-electron chi connectivity index (χ1n) is 17.1. The van der Waals surface area contributed by atoms with Crippen molar-refractivity contribution in [1.82, 2.24) is 25.2 Å². The Bertz CT molecular complexity index is 1830. The molecular weight excluding hydrogens is 745 g/mol. The van der Waals surface area contributed by atoms with E-state index in [9.17, 15) is 50.3 Å². The van der Waals surface area contributed by atoms with Gasteiger partial charge >= 0.3 is 12.4 Å². The summed E-state index contributed by atoms with van der Waals surface area (Å²) in [6.07, 6.45) is -8.65. The number of likely N-dealkylation sites (tertiary alicyclic amines) is 1. The van der Waals surface area contributed by atoms with Gasteiger partial charge in [0.2, 0.25) is 18.6 Å². The fourth-order valence-electron chi connectivity index (χ4n) is 6.77. The van der Waals surface area contributed by atoms with Gasteiger partial charge in [-0.15, -0.1) is 0 Å². The summed E-state index contributed by atoms with van der Waals surface area (Å²) in [7, 11) is 0. The molecule has 1 unspecified atom stereocenters. The van der Waals surface area contributed by atoms with Crippen molar-refractivity contribution in [3.8, 4) is 0 Å². The highest BCUT2D eigenvalue weighted by atomic mass is 19.4. The van der Waals surface area contributed by atoms with Crippen molar-refractivity contribution >= 4 is 18.7 Å². The van der Waals surface area contributed by atoms with Crippen molar-refractivity contribution < 1.29 is 59.5 Å². The summed E-state index contributed by atoms with van der Waals surface area (Å²) in [6, 6.07) is 12.6. The number of carbonyl (C=O) groups excluding carboxylic acids is 3. The Morgan fingerprint density at radius 1 is 0.982 bits per heavy atom. The summed E-state index contributed by atoms with van der Waals surface area (Å²) < 4.78 is 107. The van der Waals surface area contributed by atoms with Crippen molar-refractivity contribution in [2.45, 2.75) is 56.3 Å². The van der Waals surface area contributed by atoms with Crippen LogP contribution in [0.5, 0.6) is 0 Å². The molecule has 298 valence electrons. The van der Waals surface area contributed by atoms with Gasteiger partial charge in [0.05, 0.1) is 42.6 Å². The van der Waals surface area contributed by atoms with E-state index in [0.29, 0.717) is 29.5 Å². The van der Waals surface area contributed by atoms with E-state index in [4.69, 9.17) is 15.0 Å². The fourth-order valence-corrected chi connectivity index (χ4v) is 6.77. The molecule has 1 fully saturated rings. The average Bonchev–Trinajstić information content (AvgIpc) is 3.78. The second kappa shape index (κ2) is 17.3. The van der Waals surface area contributed by atoms with Crippen LogP contribution in [0.2, 0.25) is 0 Å². The maximum atomic E-state index is 14.9. The molecule has 55 heavy (non-hydrogen) atoms. The standard InChI is InChI=1S/C36H39F7N6O6/c37-28-9-4-8-27(35(38,39)40)26(28)19-49(44)30-21-54-34(12-16-46(17-13-34)18-25-10-11-31(55-25)36(41,42)43)32(30)33(52)47(22-50)20-29(24-6-2-1-3-7-24)45-14-5-15-48(53)23-51/h1-4,6-11,22-23,29,45,53H,5,12-21,44H2. The Hall–Kier alpha value is -4.82. The van der Waals surface area contributed by atoms with Gasteiger partial charge in [0.25, 0.3) is 5.91 Å². The van der Waals surface area contributed by atoms with E-state index in [0.717, 1.165) is 28.1 Å². The number of carbonyl (C=O) groups is 3. The molecule has 1 saturated heterocycles. The second-order valence-corrected chi connectivity index (χ2v) is 13.1. The smallest absolute Gasteiger partial charge is 0.449 e. The van der Waals surface area contributed by atoms with Gasteiger partial charge in [-0.2, -0.15) is 26.3 Å². The first-order chi connectivity index (χ1) is 26.1. The van der Waals surface area contributed by atoms with Crippen molar-refractivity contribution in [3.05, 3.63) is 106 Å². The third-order valence-corrected chi connectivity index (χ3v) is 9.57. The third kappa shape index (κ3) is 9.90. The van der Waals surface area contributed by atoms with Crippen LogP contribution in [-0.2, 0) is 44.6 Å². The number of amides is 3. The number of piperidine rings is 1. The number of furan rings is 1. The summed E-state index contributed by atoms with van der Waals surface area (Å²) in [4.78, 5) is 40.7. The fraction of sp³-hybridized carbons (Fsp3) is 0.417. The molecule has 1 atom stereocenters. The first kappa shape index (κ1) is 41.3. The summed E-state index contributed by atoms with van der Waals surface area (Å²) in [5.74, 6) is 3.19. The minimum Gasteiger partial charge on any atom is -0.455 e. The number of hydrogen-bond donors (Lipinski definition) is 3. The van der Waals surface area contributed by atoms with Gasteiger partial charge < -0.3 is 19.5 Å². The number of halogens is 7. The van der Waals surface area contributed by atoms with E-state index in [-0.39, 0.29) is 82.2 Å². The molecule has 2 aliphatic heterocycles. The van der Waals surface area contributed by atoms with Crippen LogP contribution in [0.25, 0.3) is 0 Å². The molecule has 3 amide bonds. The molecule has 0 aliphatic carbocycles. The summed E-state index contributed by atoms with van der Waals surface area (Å²) in [5, 5.41) is 13.9. The Balaban J connectivity index is 1.45. The zero-order valence-corrected chi connectivity index (χ0v) is 29.3. The number of hydrogen-bond acceptors (Lipinski definition) is 10. The van der Waals surface area contributed by atoms with E-state index in [2.05, 4.69) is 5.32 Å². The Morgan fingerprint density at radius 2 is 1.69 bits per heavy atom. The van der Waals surface area contributed by atoms with Crippen LogP contribution >= 0.6 is 0 Å². The molecule has 2 aromatic carbocycles. The van der Waals surface area contributed by atoms with Gasteiger partial charge in [-0.05, 0) is 55.6 Å². The number of nitrogens with zero attached hydrogens (tertiary/aromatic N) is 4. The van der Waals surface area contributed by atoms with Crippen LogP contribution in [0.1, 0.15) is 53.5 Å². The van der Waals surface area contributed by atoms with E-state index in [1.165, 1.54) is 6.07 Å². The molecule has 3 heterocycles. The van der Waals surface area contributed by atoms with E-state index >= 15 is 0 Å². The SMILES string of the molecule is NN(Cc1c(F)cccc1C(F)(F)F)C1=C(C(=O)N(C=O)CC(NCCCN(O)C=O)c2ccccc2)C2(CCN(Cc3ccc(C(F)(F)F)o3)CC2)OC1. The molecule has 3 aromatic rings. The highest BCUT2D eigenvalue weighted by Gasteiger charge is 2.50. The number of rotatable bonds is 16. The summed E-state index contributed by atoms with van der Waals surface area (Å²) in [6.45, 7) is -0.899. The number of nitrogens with one attached hydrogen (secondary N) is 1. The molecule has 1 aromatic heterocycles.